The molecule has 1 aromatic rings. The normalized spacial score (nSPS) is 17.6. The van der Waals surface area contributed by atoms with Gasteiger partial charge in [-0.25, -0.2) is 14.0 Å². The minimum absolute atomic E-state index is 0.213. The van der Waals surface area contributed by atoms with Gasteiger partial charge in [0.1, 0.15) is 11.4 Å². The molecule has 1 aromatic carbocycles. The average molecular weight is 408 g/mol. The smallest absolute Gasteiger partial charge is 0.348 e. The monoisotopic (exact) mass is 406 g/mol. The fraction of sp³-hybridized carbons (Fsp3) is 0.231. The minimum atomic E-state index is -1.29. The van der Waals surface area contributed by atoms with E-state index in [1.54, 1.807) is 0 Å². The zero-order valence-electron chi connectivity index (χ0n) is 10.5. The fourth-order valence-corrected chi connectivity index (χ4v) is 2.37. The number of esters is 2. The van der Waals surface area contributed by atoms with Crippen molar-refractivity contribution in [2.24, 2.45) is 0 Å². The Kier molecular flexibility index (Phi) is 4.02. The van der Waals surface area contributed by atoms with E-state index in [0.29, 0.717) is 10.0 Å². The highest BCUT2D eigenvalue weighted by Gasteiger charge is 2.38. The van der Waals surface area contributed by atoms with Gasteiger partial charge >= 0.3 is 11.9 Å². The lowest BCUT2D eigenvalue weighted by Gasteiger charge is -2.29. The average Bonchev–Trinajstić information content (AvgIpc) is 2.28. The summed E-state index contributed by atoms with van der Waals surface area (Å²) in [5.41, 5.74) is 0.199. The predicted molar refractivity (Wildman–Crippen MR) is 76.0 cm³/mol. The first-order valence-corrected chi connectivity index (χ1v) is 7.11. The van der Waals surface area contributed by atoms with Crippen LogP contribution in [0.2, 0.25) is 0 Å². The van der Waals surface area contributed by atoms with Crippen LogP contribution >= 0.6 is 31.9 Å². The van der Waals surface area contributed by atoms with E-state index in [0.717, 1.165) is 0 Å². The van der Waals surface area contributed by atoms with E-state index in [1.807, 2.05) is 0 Å². The Hall–Kier alpha value is -1.21. The first-order chi connectivity index (χ1) is 9.19. The molecule has 1 fully saturated rings. The van der Waals surface area contributed by atoms with E-state index in [1.165, 1.54) is 32.1 Å². The van der Waals surface area contributed by atoms with Crippen LogP contribution < -0.4 is 0 Å². The Bertz CT molecular complexity index is 616. The van der Waals surface area contributed by atoms with E-state index in [2.05, 4.69) is 31.9 Å². The zero-order valence-corrected chi connectivity index (χ0v) is 13.7. The summed E-state index contributed by atoms with van der Waals surface area (Å²) in [6, 6.07) is 2.66. The van der Waals surface area contributed by atoms with Crippen LogP contribution in [0.4, 0.5) is 4.39 Å². The molecule has 1 saturated heterocycles. The molecule has 1 aliphatic rings. The molecule has 0 spiro atoms. The molecule has 0 aliphatic carbocycles. The van der Waals surface area contributed by atoms with Crippen molar-refractivity contribution in [3.05, 3.63) is 38.0 Å². The molecule has 20 heavy (non-hydrogen) atoms. The van der Waals surface area contributed by atoms with Crippen molar-refractivity contribution in [3.8, 4) is 0 Å². The maximum absolute atomic E-state index is 13.3. The maximum atomic E-state index is 13.3. The Labute approximate surface area is 131 Å². The number of ether oxygens (including phenoxy) is 2. The molecule has 0 amide bonds. The van der Waals surface area contributed by atoms with Crippen LogP contribution in [-0.4, -0.2) is 17.7 Å². The Balaban J connectivity index is 2.43. The summed E-state index contributed by atoms with van der Waals surface area (Å²) in [5.74, 6) is -3.31. The number of hydrogen-bond donors (Lipinski definition) is 0. The van der Waals surface area contributed by atoms with Gasteiger partial charge in [0, 0.05) is 18.3 Å². The second kappa shape index (κ2) is 5.29. The van der Waals surface area contributed by atoms with Crippen molar-refractivity contribution in [1.82, 2.24) is 0 Å². The molecule has 0 bridgehead atoms. The molecule has 0 unspecified atom stereocenters. The molecular weight excluding hydrogens is 399 g/mol. The molecule has 0 saturated carbocycles. The molecule has 0 atom stereocenters. The molecule has 4 nitrogen and oxygen atoms in total. The van der Waals surface area contributed by atoms with Crippen molar-refractivity contribution in [2.75, 3.05) is 0 Å². The van der Waals surface area contributed by atoms with Gasteiger partial charge in [0.25, 0.3) is 5.79 Å². The van der Waals surface area contributed by atoms with Crippen LogP contribution in [0, 0.1) is 5.82 Å². The number of rotatable bonds is 1. The molecule has 106 valence electrons. The van der Waals surface area contributed by atoms with Crippen molar-refractivity contribution < 1.29 is 23.5 Å². The summed E-state index contributed by atoms with van der Waals surface area (Å²) in [6.45, 7) is 2.92. The molecule has 0 aromatic heterocycles. The number of benzene rings is 1. The standard InChI is InChI=1S/C13H9Br2FO4/c1-13(2)19-11(17)7(12(18)20-13)3-6-4-9(15)10(16)5-8(6)14/h3-5H,1-2H3. The van der Waals surface area contributed by atoms with Gasteiger partial charge in [-0.3, -0.25) is 0 Å². The lowest BCUT2D eigenvalue weighted by atomic mass is 10.1. The fourth-order valence-electron chi connectivity index (χ4n) is 1.58. The van der Waals surface area contributed by atoms with E-state index in [9.17, 15) is 14.0 Å². The highest BCUT2D eigenvalue weighted by molar-refractivity contribution is 9.11. The first kappa shape index (κ1) is 15.2. The lowest BCUT2D eigenvalue weighted by molar-refractivity contribution is -0.222. The lowest BCUT2D eigenvalue weighted by Crippen LogP contribution is -2.41. The summed E-state index contributed by atoms with van der Waals surface area (Å²) >= 11 is 6.20. The van der Waals surface area contributed by atoms with Crippen LogP contribution in [0.1, 0.15) is 19.4 Å². The molecule has 1 heterocycles. The number of carbonyl (C=O) groups is 2. The Morgan fingerprint density at radius 2 is 1.65 bits per heavy atom. The van der Waals surface area contributed by atoms with E-state index >= 15 is 0 Å². The second-order valence-electron chi connectivity index (χ2n) is 4.52. The van der Waals surface area contributed by atoms with Gasteiger partial charge in [-0.1, -0.05) is 15.9 Å². The summed E-state index contributed by atoms with van der Waals surface area (Å²) in [7, 11) is 0. The number of cyclic esters (lactones) is 2. The summed E-state index contributed by atoms with van der Waals surface area (Å²) in [5, 5.41) is 0. The van der Waals surface area contributed by atoms with E-state index in [-0.39, 0.29) is 10.0 Å². The van der Waals surface area contributed by atoms with Crippen molar-refractivity contribution in [1.29, 1.82) is 0 Å². The summed E-state index contributed by atoms with van der Waals surface area (Å²) in [6.07, 6.45) is 1.29. The van der Waals surface area contributed by atoms with Gasteiger partial charge in [-0.15, -0.1) is 0 Å². The number of hydrogen-bond acceptors (Lipinski definition) is 4. The largest absolute Gasteiger partial charge is 0.419 e. The number of halogens is 3. The Morgan fingerprint density at radius 1 is 1.10 bits per heavy atom. The molecule has 0 radical (unpaired) electrons. The summed E-state index contributed by atoms with van der Waals surface area (Å²) < 4.78 is 23.9. The topological polar surface area (TPSA) is 52.6 Å². The number of carbonyl (C=O) groups excluding carboxylic acids is 2. The zero-order chi connectivity index (χ0) is 15.1. The highest BCUT2D eigenvalue weighted by Crippen LogP contribution is 2.29. The maximum Gasteiger partial charge on any atom is 0.348 e. The third-order valence-electron chi connectivity index (χ3n) is 2.46. The van der Waals surface area contributed by atoms with E-state index in [4.69, 9.17) is 9.47 Å². The van der Waals surface area contributed by atoms with Crippen LogP contribution in [0.5, 0.6) is 0 Å². The first-order valence-electron chi connectivity index (χ1n) is 5.52. The SMILES string of the molecule is CC1(C)OC(=O)C(=Cc2cc(Br)c(F)cc2Br)C(=O)O1. The van der Waals surface area contributed by atoms with Crippen LogP contribution in [0.15, 0.2) is 26.7 Å². The Morgan fingerprint density at radius 3 is 2.20 bits per heavy atom. The molecule has 7 heteroatoms. The minimum Gasteiger partial charge on any atom is -0.419 e. The van der Waals surface area contributed by atoms with Crippen molar-refractivity contribution >= 4 is 49.9 Å². The highest BCUT2D eigenvalue weighted by atomic mass is 79.9. The molecule has 0 N–H and O–H groups in total. The molecule has 2 rings (SSSR count). The summed E-state index contributed by atoms with van der Waals surface area (Å²) in [4.78, 5) is 23.6. The van der Waals surface area contributed by atoms with Crippen molar-refractivity contribution in [3.63, 3.8) is 0 Å². The van der Waals surface area contributed by atoms with Gasteiger partial charge in [0.15, 0.2) is 0 Å². The van der Waals surface area contributed by atoms with Crippen LogP contribution in [0.3, 0.4) is 0 Å². The predicted octanol–water partition coefficient (Wildman–Crippen LogP) is 3.57. The van der Waals surface area contributed by atoms with Gasteiger partial charge in [-0.2, -0.15) is 0 Å². The van der Waals surface area contributed by atoms with E-state index < -0.39 is 23.5 Å². The molecular formula is C13H9Br2FO4. The van der Waals surface area contributed by atoms with Crippen molar-refractivity contribution in [2.45, 2.75) is 19.6 Å². The van der Waals surface area contributed by atoms with Gasteiger partial charge in [0.05, 0.1) is 4.47 Å². The van der Waals surface area contributed by atoms with Gasteiger partial charge in [0.2, 0.25) is 0 Å². The third-order valence-corrected chi connectivity index (χ3v) is 3.75. The second-order valence-corrected chi connectivity index (χ2v) is 6.23. The molecule has 1 aliphatic heterocycles. The van der Waals surface area contributed by atoms with Gasteiger partial charge in [-0.05, 0) is 39.7 Å². The quantitative estimate of drug-likeness (QED) is 0.309. The van der Waals surface area contributed by atoms with Gasteiger partial charge < -0.3 is 9.47 Å². The van der Waals surface area contributed by atoms with Crippen LogP contribution in [0.25, 0.3) is 6.08 Å². The van der Waals surface area contributed by atoms with Crippen LogP contribution in [-0.2, 0) is 19.1 Å². The third kappa shape index (κ3) is 3.09.